The van der Waals surface area contributed by atoms with Gasteiger partial charge in [-0.2, -0.15) is 0 Å². The lowest BCUT2D eigenvalue weighted by Gasteiger charge is -2.08. The summed E-state index contributed by atoms with van der Waals surface area (Å²) < 4.78 is 5.26. The first kappa shape index (κ1) is 15.7. The number of nitrogens with one attached hydrogen (secondary N) is 1. The van der Waals surface area contributed by atoms with E-state index in [2.05, 4.69) is 19.2 Å². The highest BCUT2D eigenvalue weighted by Gasteiger charge is 2.08. The predicted molar refractivity (Wildman–Crippen MR) is 78.4 cm³/mol. The molecule has 0 radical (unpaired) electrons. The predicted octanol–water partition coefficient (Wildman–Crippen LogP) is 3.18. The molecule has 0 aliphatic carbocycles. The summed E-state index contributed by atoms with van der Waals surface area (Å²) in [6, 6.07) is 7.50. The molecule has 0 spiro atoms. The maximum atomic E-state index is 11.8. The third-order valence-electron chi connectivity index (χ3n) is 2.99. The maximum Gasteiger partial charge on any atom is 0.338 e. The van der Waals surface area contributed by atoms with Gasteiger partial charge in [-0.05, 0) is 50.4 Å². The standard InChI is InChI=1S/C16H25NO2/c1-13(2)9-11-17-10-6-12-19-16(18)15-8-5-4-7-14(15)3/h4-5,7-8,13,17H,6,9-12H2,1-3H3. The van der Waals surface area contributed by atoms with E-state index in [0.29, 0.717) is 12.2 Å². The summed E-state index contributed by atoms with van der Waals surface area (Å²) in [7, 11) is 0. The fourth-order valence-electron chi connectivity index (χ4n) is 1.76. The average Bonchev–Trinajstić information content (AvgIpc) is 2.37. The van der Waals surface area contributed by atoms with Gasteiger partial charge < -0.3 is 10.1 Å². The first-order valence-electron chi connectivity index (χ1n) is 7.04. The maximum absolute atomic E-state index is 11.8. The second-order valence-electron chi connectivity index (χ2n) is 5.24. The first-order valence-corrected chi connectivity index (χ1v) is 7.04. The van der Waals surface area contributed by atoms with Gasteiger partial charge in [0, 0.05) is 0 Å². The highest BCUT2D eigenvalue weighted by atomic mass is 16.5. The van der Waals surface area contributed by atoms with Crippen LogP contribution < -0.4 is 5.32 Å². The molecule has 1 rings (SSSR count). The Morgan fingerprint density at radius 3 is 2.68 bits per heavy atom. The van der Waals surface area contributed by atoms with Crippen LogP contribution in [0.1, 0.15) is 42.6 Å². The van der Waals surface area contributed by atoms with Crippen LogP contribution in [0.3, 0.4) is 0 Å². The van der Waals surface area contributed by atoms with Crippen molar-refractivity contribution in [3.8, 4) is 0 Å². The second kappa shape index (κ2) is 8.70. The molecular weight excluding hydrogens is 238 g/mol. The zero-order valence-corrected chi connectivity index (χ0v) is 12.2. The summed E-state index contributed by atoms with van der Waals surface area (Å²) in [5.74, 6) is 0.506. The highest BCUT2D eigenvalue weighted by Crippen LogP contribution is 2.08. The van der Waals surface area contributed by atoms with Crippen molar-refractivity contribution in [2.45, 2.75) is 33.6 Å². The van der Waals surface area contributed by atoms with Crippen molar-refractivity contribution in [2.75, 3.05) is 19.7 Å². The first-order chi connectivity index (χ1) is 9.11. The van der Waals surface area contributed by atoms with Crippen LogP contribution in [0.2, 0.25) is 0 Å². The quantitative estimate of drug-likeness (QED) is 0.578. The van der Waals surface area contributed by atoms with Gasteiger partial charge in [0.25, 0.3) is 0 Å². The van der Waals surface area contributed by atoms with Crippen LogP contribution in [0.5, 0.6) is 0 Å². The molecule has 1 aromatic carbocycles. The van der Waals surface area contributed by atoms with Gasteiger partial charge in [-0.3, -0.25) is 0 Å². The Balaban J connectivity index is 2.13. The zero-order valence-electron chi connectivity index (χ0n) is 12.2. The van der Waals surface area contributed by atoms with E-state index >= 15 is 0 Å². The molecule has 19 heavy (non-hydrogen) atoms. The summed E-state index contributed by atoms with van der Waals surface area (Å²) in [5.41, 5.74) is 1.62. The monoisotopic (exact) mass is 263 g/mol. The summed E-state index contributed by atoms with van der Waals surface area (Å²) in [6.07, 6.45) is 2.04. The SMILES string of the molecule is Cc1ccccc1C(=O)OCCCNCCC(C)C. The van der Waals surface area contributed by atoms with Crippen molar-refractivity contribution in [1.82, 2.24) is 5.32 Å². The van der Waals surface area contributed by atoms with Crippen LogP contribution in [-0.2, 0) is 4.74 Å². The van der Waals surface area contributed by atoms with E-state index in [0.717, 1.165) is 31.0 Å². The Bertz CT molecular complexity index is 388. The number of esters is 1. The van der Waals surface area contributed by atoms with Gasteiger partial charge in [0.15, 0.2) is 0 Å². The van der Waals surface area contributed by atoms with Gasteiger partial charge in [-0.25, -0.2) is 4.79 Å². The lowest BCUT2D eigenvalue weighted by molar-refractivity contribution is 0.0500. The minimum Gasteiger partial charge on any atom is -0.462 e. The van der Waals surface area contributed by atoms with Crippen molar-refractivity contribution < 1.29 is 9.53 Å². The lowest BCUT2D eigenvalue weighted by Crippen LogP contribution is -2.20. The van der Waals surface area contributed by atoms with Crippen LogP contribution in [0, 0.1) is 12.8 Å². The number of hydrogen-bond donors (Lipinski definition) is 1. The molecule has 1 N–H and O–H groups in total. The molecule has 0 atom stereocenters. The Hall–Kier alpha value is -1.35. The Kier molecular flexibility index (Phi) is 7.19. The molecule has 0 fully saturated rings. The number of aryl methyl sites for hydroxylation is 1. The summed E-state index contributed by atoms with van der Waals surface area (Å²) >= 11 is 0. The van der Waals surface area contributed by atoms with Crippen LogP contribution in [0.15, 0.2) is 24.3 Å². The van der Waals surface area contributed by atoms with E-state index in [-0.39, 0.29) is 5.97 Å². The van der Waals surface area contributed by atoms with E-state index in [1.807, 2.05) is 25.1 Å². The van der Waals surface area contributed by atoms with Crippen molar-refractivity contribution >= 4 is 5.97 Å². The van der Waals surface area contributed by atoms with E-state index in [1.54, 1.807) is 6.07 Å². The zero-order chi connectivity index (χ0) is 14.1. The van der Waals surface area contributed by atoms with E-state index in [4.69, 9.17) is 4.74 Å². The van der Waals surface area contributed by atoms with Crippen molar-refractivity contribution in [3.05, 3.63) is 35.4 Å². The Labute approximate surface area is 116 Å². The molecular formula is C16H25NO2. The summed E-state index contributed by atoms with van der Waals surface area (Å²) in [5, 5.41) is 3.35. The Morgan fingerprint density at radius 2 is 2.00 bits per heavy atom. The van der Waals surface area contributed by atoms with Gasteiger partial charge in [-0.15, -0.1) is 0 Å². The van der Waals surface area contributed by atoms with Crippen molar-refractivity contribution in [1.29, 1.82) is 0 Å². The number of hydrogen-bond acceptors (Lipinski definition) is 3. The lowest BCUT2D eigenvalue weighted by atomic mass is 10.1. The van der Waals surface area contributed by atoms with Crippen molar-refractivity contribution in [3.63, 3.8) is 0 Å². The molecule has 0 amide bonds. The van der Waals surface area contributed by atoms with Crippen LogP contribution in [-0.4, -0.2) is 25.7 Å². The molecule has 106 valence electrons. The summed E-state index contributed by atoms with van der Waals surface area (Å²) in [6.45, 7) is 8.75. The van der Waals surface area contributed by atoms with Crippen LogP contribution in [0.4, 0.5) is 0 Å². The van der Waals surface area contributed by atoms with Gasteiger partial charge in [-0.1, -0.05) is 32.0 Å². The van der Waals surface area contributed by atoms with Crippen LogP contribution in [0.25, 0.3) is 0 Å². The van der Waals surface area contributed by atoms with E-state index in [1.165, 1.54) is 6.42 Å². The third kappa shape index (κ3) is 6.39. The molecule has 0 heterocycles. The molecule has 0 aromatic heterocycles. The van der Waals surface area contributed by atoms with E-state index < -0.39 is 0 Å². The molecule has 0 saturated heterocycles. The number of ether oxygens (including phenoxy) is 1. The molecule has 1 aromatic rings. The largest absolute Gasteiger partial charge is 0.462 e. The minimum atomic E-state index is -0.222. The number of carbonyl (C=O) groups excluding carboxylic acids is 1. The van der Waals surface area contributed by atoms with Gasteiger partial charge in [0.1, 0.15) is 0 Å². The highest BCUT2D eigenvalue weighted by molar-refractivity contribution is 5.90. The molecule has 0 saturated carbocycles. The normalized spacial score (nSPS) is 10.7. The Morgan fingerprint density at radius 1 is 1.26 bits per heavy atom. The fourth-order valence-corrected chi connectivity index (χ4v) is 1.76. The average molecular weight is 263 g/mol. The van der Waals surface area contributed by atoms with E-state index in [9.17, 15) is 4.79 Å². The number of rotatable bonds is 8. The molecule has 0 bridgehead atoms. The summed E-state index contributed by atoms with van der Waals surface area (Å²) in [4.78, 5) is 11.8. The number of benzene rings is 1. The molecule has 3 nitrogen and oxygen atoms in total. The molecule has 3 heteroatoms. The number of carbonyl (C=O) groups is 1. The molecule has 0 aliphatic heterocycles. The third-order valence-corrected chi connectivity index (χ3v) is 2.99. The fraction of sp³-hybridized carbons (Fsp3) is 0.562. The molecule has 0 aliphatic rings. The van der Waals surface area contributed by atoms with Gasteiger partial charge >= 0.3 is 5.97 Å². The van der Waals surface area contributed by atoms with Gasteiger partial charge in [0.2, 0.25) is 0 Å². The van der Waals surface area contributed by atoms with Gasteiger partial charge in [0.05, 0.1) is 12.2 Å². The minimum absolute atomic E-state index is 0.222. The second-order valence-corrected chi connectivity index (χ2v) is 5.24. The smallest absolute Gasteiger partial charge is 0.338 e. The molecule has 0 unspecified atom stereocenters. The van der Waals surface area contributed by atoms with Crippen molar-refractivity contribution in [2.24, 2.45) is 5.92 Å². The van der Waals surface area contributed by atoms with Crippen LogP contribution >= 0.6 is 0 Å². The topological polar surface area (TPSA) is 38.3 Å².